The molecule has 11 aromatic carbocycles. The summed E-state index contributed by atoms with van der Waals surface area (Å²) in [5, 5.41) is 38.8. The van der Waals surface area contributed by atoms with Crippen LogP contribution in [-0.4, -0.2) is 13.7 Å². The quantitative estimate of drug-likeness (QED) is 0.176. The Hall–Kier alpha value is -9.54. The van der Waals surface area contributed by atoms with E-state index in [1.54, 1.807) is 34.0 Å². The van der Waals surface area contributed by atoms with E-state index in [-0.39, 0.29) is 0 Å². The SMILES string of the molecule is N#Cc1c(-n2c3ccccc3c3ccc4c5ccccc5sc4c32)c(C#N)c(-n2c3ccccc3c3ccc4c5ccccc5sc4c32)c(-c2ccccc2)c1-n1c2ccccc2c2ccc3c4ccccc4sc3c21. The minimum absolute atomic E-state index is 0.411. The number of fused-ring (bicyclic) bond motifs is 21. The molecule has 0 aliphatic carbocycles. The fourth-order valence-electron chi connectivity index (χ4n) is 12.9. The van der Waals surface area contributed by atoms with Crippen LogP contribution in [0.5, 0.6) is 0 Å². The zero-order valence-corrected chi connectivity index (χ0v) is 42.6. The molecule has 0 saturated heterocycles. The van der Waals surface area contributed by atoms with E-state index >= 15 is 0 Å². The van der Waals surface area contributed by atoms with E-state index in [4.69, 9.17) is 0 Å². The van der Waals surface area contributed by atoms with Crippen LogP contribution in [0.25, 0.3) is 154 Å². The summed E-state index contributed by atoms with van der Waals surface area (Å²) in [6, 6.07) is 81.6. The molecular weight excluding hydrogens is 983 g/mol. The molecule has 5 nitrogen and oxygen atoms in total. The normalized spacial score (nSPS) is 12.2. The molecule has 76 heavy (non-hydrogen) atoms. The molecule has 0 fully saturated rings. The lowest BCUT2D eigenvalue weighted by atomic mass is 9.91. The Morgan fingerprint density at radius 3 is 0.947 bits per heavy atom. The number of aromatic nitrogens is 3. The Morgan fingerprint density at radius 1 is 0.276 bits per heavy atom. The lowest BCUT2D eigenvalue weighted by Gasteiger charge is -2.26. The van der Waals surface area contributed by atoms with Crippen molar-refractivity contribution in [1.29, 1.82) is 10.5 Å². The number of nitriles is 2. The molecule has 0 atom stereocenters. The third-order valence-electron chi connectivity index (χ3n) is 15.9. The van der Waals surface area contributed by atoms with Crippen molar-refractivity contribution in [3.8, 4) is 40.3 Å². The lowest BCUT2D eigenvalue weighted by molar-refractivity contribution is 1.08. The van der Waals surface area contributed by atoms with Crippen LogP contribution in [0.2, 0.25) is 0 Å². The predicted molar refractivity (Wildman–Crippen MR) is 323 cm³/mol. The average molecular weight is 1020 g/mol. The molecule has 0 saturated carbocycles. The third-order valence-corrected chi connectivity index (χ3v) is 19.5. The van der Waals surface area contributed by atoms with Crippen molar-refractivity contribution in [2.75, 3.05) is 0 Å². The van der Waals surface area contributed by atoms with Crippen LogP contribution in [0.1, 0.15) is 11.1 Å². The summed E-state index contributed by atoms with van der Waals surface area (Å²) in [6.07, 6.45) is 0. The first kappa shape index (κ1) is 41.9. The summed E-state index contributed by atoms with van der Waals surface area (Å²) >= 11 is 5.35. The standard InChI is InChI=1S/C68H35N5S3/c69-36-51-60(71-53-24-10-4-18-39(53)45-30-33-48-42-21-7-13-27-56(42)74-66(48)63(45)71)52(37-70)62(73-55-26-12-6-20-41(55)47-32-35-50-44-23-9-15-29-58(44)76-68(50)65(47)73)59(38-16-2-1-3-17-38)61(51)72-54-25-11-5-19-40(54)46-31-34-49-43-22-8-14-28-57(43)75-67(49)64(46)72/h1-35H. The molecule has 17 rings (SSSR count). The first-order valence-corrected chi connectivity index (χ1v) is 27.7. The maximum atomic E-state index is 12.6. The van der Waals surface area contributed by atoms with Gasteiger partial charge in [0.15, 0.2) is 0 Å². The fourth-order valence-corrected chi connectivity index (χ4v) is 16.6. The number of hydrogen-bond acceptors (Lipinski definition) is 5. The zero-order chi connectivity index (χ0) is 49.9. The molecule has 17 aromatic rings. The fraction of sp³-hybridized carbons (Fsp3) is 0. The number of rotatable bonds is 4. The van der Waals surface area contributed by atoms with Gasteiger partial charge in [0.25, 0.3) is 0 Å². The van der Waals surface area contributed by atoms with E-state index in [0.29, 0.717) is 16.8 Å². The van der Waals surface area contributed by atoms with Crippen LogP contribution < -0.4 is 0 Å². The molecule has 0 radical (unpaired) electrons. The van der Waals surface area contributed by atoms with Gasteiger partial charge in [0.05, 0.1) is 64.3 Å². The van der Waals surface area contributed by atoms with Crippen molar-refractivity contribution < 1.29 is 0 Å². The zero-order valence-electron chi connectivity index (χ0n) is 40.2. The van der Waals surface area contributed by atoms with Crippen LogP contribution in [0.15, 0.2) is 212 Å². The molecule has 6 aromatic heterocycles. The smallest absolute Gasteiger partial charge is 0.104 e. The van der Waals surface area contributed by atoms with Crippen molar-refractivity contribution in [1.82, 2.24) is 13.7 Å². The topological polar surface area (TPSA) is 62.4 Å². The van der Waals surface area contributed by atoms with E-state index in [1.165, 1.54) is 30.3 Å². The number of nitrogens with zero attached hydrogens (tertiary/aromatic N) is 5. The molecule has 350 valence electrons. The van der Waals surface area contributed by atoms with Gasteiger partial charge in [-0.25, -0.2) is 0 Å². The van der Waals surface area contributed by atoms with Gasteiger partial charge < -0.3 is 13.7 Å². The van der Waals surface area contributed by atoms with E-state index < -0.39 is 0 Å². The number of para-hydroxylation sites is 3. The second kappa shape index (κ2) is 15.5. The van der Waals surface area contributed by atoms with E-state index in [2.05, 4.69) is 232 Å². The Balaban J connectivity index is 1.19. The molecule has 0 N–H and O–H groups in total. The van der Waals surface area contributed by atoms with Gasteiger partial charge in [-0.1, -0.05) is 176 Å². The van der Waals surface area contributed by atoms with Gasteiger partial charge in [0.2, 0.25) is 0 Å². The van der Waals surface area contributed by atoms with Gasteiger partial charge in [0, 0.05) is 84.3 Å². The summed E-state index contributed by atoms with van der Waals surface area (Å²) in [5.74, 6) is 0. The first-order chi connectivity index (χ1) is 37.7. The van der Waals surface area contributed by atoms with Crippen molar-refractivity contribution in [3.63, 3.8) is 0 Å². The van der Waals surface area contributed by atoms with Crippen molar-refractivity contribution >= 4 is 160 Å². The van der Waals surface area contributed by atoms with Gasteiger partial charge in [0.1, 0.15) is 23.3 Å². The highest BCUT2D eigenvalue weighted by Gasteiger charge is 2.34. The van der Waals surface area contributed by atoms with Crippen LogP contribution in [-0.2, 0) is 0 Å². The maximum Gasteiger partial charge on any atom is 0.104 e. The highest BCUT2D eigenvalue weighted by molar-refractivity contribution is 7.27. The largest absolute Gasteiger partial charge is 0.306 e. The summed E-state index contributed by atoms with van der Waals surface area (Å²) < 4.78 is 14.0. The Kier molecular flexibility index (Phi) is 8.54. The maximum absolute atomic E-state index is 12.6. The summed E-state index contributed by atoms with van der Waals surface area (Å²) in [7, 11) is 0. The van der Waals surface area contributed by atoms with Crippen LogP contribution in [0.4, 0.5) is 0 Å². The minimum atomic E-state index is 0.411. The highest BCUT2D eigenvalue weighted by Crippen LogP contribution is 2.53. The predicted octanol–water partition coefficient (Wildman–Crippen LogP) is 19.5. The molecule has 8 heteroatoms. The Bertz CT molecular complexity index is 5280. The number of thiophene rings is 3. The molecular formula is C68H35N5S3. The van der Waals surface area contributed by atoms with Crippen LogP contribution >= 0.6 is 34.0 Å². The average Bonchev–Trinajstić information content (AvgIpc) is 4.47. The molecule has 0 spiro atoms. The summed E-state index contributed by atoms with van der Waals surface area (Å²) in [5.41, 5.74) is 10.4. The van der Waals surface area contributed by atoms with Crippen molar-refractivity contribution in [3.05, 3.63) is 223 Å². The summed E-state index contributed by atoms with van der Waals surface area (Å²) in [6.45, 7) is 0. The summed E-state index contributed by atoms with van der Waals surface area (Å²) in [4.78, 5) is 0. The second-order valence-electron chi connectivity index (χ2n) is 19.6. The molecule has 0 aliphatic rings. The third kappa shape index (κ3) is 5.39. The van der Waals surface area contributed by atoms with Crippen LogP contribution in [0.3, 0.4) is 0 Å². The van der Waals surface area contributed by atoms with Crippen molar-refractivity contribution in [2.24, 2.45) is 0 Å². The monoisotopic (exact) mass is 1020 g/mol. The van der Waals surface area contributed by atoms with E-state index in [0.717, 1.165) is 118 Å². The van der Waals surface area contributed by atoms with E-state index in [1.807, 2.05) is 6.07 Å². The Labute approximate surface area is 445 Å². The second-order valence-corrected chi connectivity index (χ2v) is 22.8. The molecule has 6 heterocycles. The van der Waals surface area contributed by atoms with Crippen molar-refractivity contribution in [2.45, 2.75) is 0 Å². The first-order valence-electron chi connectivity index (χ1n) is 25.3. The minimum Gasteiger partial charge on any atom is -0.306 e. The van der Waals surface area contributed by atoms with Gasteiger partial charge in [-0.3, -0.25) is 0 Å². The number of hydrogen-bond donors (Lipinski definition) is 0. The molecule has 0 aliphatic heterocycles. The van der Waals surface area contributed by atoms with Gasteiger partial charge in [-0.05, 0) is 42.0 Å². The van der Waals surface area contributed by atoms with Gasteiger partial charge >= 0.3 is 0 Å². The van der Waals surface area contributed by atoms with E-state index in [9.17, 15) is 10.5 Å². The highest BCUT2D eigenvalue weighted by atomic mass is 32.1. The molecule has 0 amide bonds. The lowest BCUT2D eigenvalue weighted by Crippen LogP contribution is -2.14. The van der Waals surface area contributed by atoms with Crippen LogP contribution in [0, 0.1) is 22.7 Å². The molecule has 0 unspecified atom stereocenters. The van der Waals surface area contributed by atoms with Gasteiger partial charge in [-0.2, -0.15) is 10.5 Å². The number of benzene rings is 11. The van der Waals surface area contributed by atoms with Gasteiger partial charge in [-0.15, -0.1) is 34.0 Å². The Morgan fingerprint density at radius 2 is 0.579 bits per heavy atom. The molecule has 0 bridgehead atoms.